The van der Waals surface area contributed by atoms with Crippen molar-refractivity contribution in [2.24, 2.45) is 0 Å². The third-order valence-corrected chi connectivity index (χ3v) is 8.52. The number of para-hydroxylation sites is 2. The van der Waals surface area contributed by atoms with Crippen LogP contribution in [-0.2, 0) is 24.2 Å². The van der Waals surface area contributed by atoms with Gasteiger partial charge in [0.25, 0.3) is 0 Å². The fourth-order valence-corrected chi connectivity index (χ4v) is 6.57. The number of thioether (sulfide) groups is 1. The minimum Gasteiger partial charge on any atom is -0.496 e. The number of carbonyl (C=O) groups is 1. The molecule has 190 valence electrons. The molecular formula is C29H30N4O2S2. The second-order valence-corrected chi connectivity index (χ2v) is 10.9. The molecular weight excluding hydrogens is 500 g/mol. The number of hydrogen-bond donors (Lipinski definition) is 0. The number of amides is 1. The van der Waals surface area contributed by atoms with Gasteiger partial charge in [0, 0.05) is 22.8 Å². The zero-order valence-corrected chi connectivity index (χ0v) is 22.9. The predicted octanol–water partition coefficient (Wildman–Crippen LogP) is 6.71. The third kappa shape index (κ3) is 5.40. The van der Waals surface area contributed by atoms with Crippen LogP contribution in [0.25, 0.3) is 0 Å². The molecule has 0 bridgehead atoms. The number of methoxy groups -OCH3 is 1. The van der Waals surface area contributed by atoms with E-state index in [0.717, 1.165) is 69.3 Å². The Balaban J connectivity index is 1.25. The molecule has 0 aliphatic carbocycles. The van der Waals surface area contributed by atoms with Gasteiger partial charge in [-0.1, -0.05) is 59.9 Å². The summed E-state index contributed by atoms with van der Waals surface area (Å²) in [7, 11) is 1.70. The molecule has 2 heterocycles. The Kier molecular flexibility index (Phi) is 7.86. The van der Waals surface area contributed by atoms with E-state index in [9.17, 15) is 4.79 Å². The van der Waals surface area contributed by atoms with E-state index in [0.29, 0.717) is 0 Å². The number of nitrogens with zero attached hydrogens (tertiary/aromatic N) is 4. The summed E-state index contributed by atoms with van der Waals surface area (Å²) in [6.45, 7) is 4.94. The van der Waals surface area contributed by atoms with Gasteiger partial charge in [-0.25, -0.2) is 0 Å². The van der Waals surface area contributed by atoms with Crippen LogP contribution in [0.4, 0.5) is 11.4 Å². The van der Waals surface area contributed by atoms with Crippen molar-refractivity contribution in [3.05, 3.63) is 83.7 Å². The number of carbonyl (C=O) groups excluding carboxylic acids is 1. The van der Waals surface area contributed by atoms with Gasteiger partial charge >= 0.3 is 0 Å². The molecule has 6 nitrogen and oxygen atoms in total. The Labute approximate surface area is 226 Å². The standard InChI is InChI=1S/C29H30N4O2S2/c1-4-32-27(15-9-10-21-16-17-24(35-3)20(2)18-21)30-31-29(32)36-19-28(34)33-22-11-5-7-13-25(22)37-26-14-8-6-12-23(26)33/h5-8,11-14,16-18H,4,9-10,15,19H2,1-3H3. The largest absolute Gasteiger partial charge is 0.496 e. The minimum absolute atomic E-state index is 0.0345. The van der Waals surface area contributed by atoms with Crippen molar-refractivity contribution in [3.63, 3.8) is 0 Å². The molecule has 1 amide bonds. The maximum absolute atomic E-state index is 13.5. The van der Waals surface area contributed by atoms with Crippen molar-refractivity contribution in [1.82, 2.24) is 14.8 Å². The average molecular weight is 531 g/mol. The highest BCUT2D eigenvalue weighted by Crippen LogP contribution is 2.48. The van der Waals surface area contributed by atoms with Crippen LogP contribution in [0.2, 0.25) is 0 Å². The molecule has 0 atom stereocenters. The van der Waals surface area contributed by atoms with Crippen molar-refractivity contribution >= 4 is 40.8 Å². The lowest BCUT2D eigenvalue weighted by Gasteiger charge is -2.30. The Bertz CT molecular complexity index is 1370. The van der Waals surface area contributed by atoms with Gasteiger partial charge in [0.05, 0.1) is 24.2 Å². The van der Waals surface area contributed by atoms with E-state index in [1.165, 1.54) is 17.3 Å². The number of aromatic nitrogens is 3. The topological polar surface area (TPSA) is 60.2 Å². The van der Waals surface area contributed by atoms with Gasteiger partial charge in [-0.05, 0) is 68.1 Å². The lowest BCUT2D eigenvalue weighted by atomic mass is 10.0. The fraction of sp³-hybridized carbons (Fsp3) is 0.276. The number of rotatable bonds is 9. The van der Waals surface area contributed by atoms with E-state index < -0.39 is 0 Å². The summed E-state index contributed by atoms with van der Waals surface area (Å²) < 4.78 is 7.50. The normalized spacial score (nSPS) is 12.2. The van der Waals surface area contributed by atoms with E-state index in [-0.39, 0.29) is 11.7 Å². The Morgan fingerprint density at radius 3 is 2.32 bits per heavy atom. The van der Waals surface area contributed by atoms with Gasteiger partial charge in [-0.2, -0.15) is 0 Å². The average Bonchev–Trinajstić information content (AvgIpc) is 3.32. The van der Waals surface area contributed by atoms with Crippen molar-refractivity contribution in [2.45, 2.75) is 54.6 Å². The molecule has 3 aromatic carbocycles. The first-order chi connectivity index (χ1) is 18.1. The Morgan fingerprint density at radius 2 is 1.68 bits per heavy atom. The zero-order valence-electron chi connectivity index (χ0n) is 21.3. The summed E-state index contributed by atoms with van der Waals surface area (Å²) in [5.74, 6) is 2.21. The molecule has 5 rings (SSSR count). The van der Waals surface area contributed by atoms with E-state index in [1.54, 1.807) is 18.9 Å². The van der Waals surface area contributed by atoms with Crippen LogP contribution in [0.15, 0.2) is 81.7 Å². The van der Waals surface area contributed by atoms with Crippen molar-refractivity contribution in [1.29, 1.82) is 0 Å². The Hall–Kier alpha value is -3.23. The molecule has 37 heavy (non-hydrogen) atoms. The van der Waals surface area contributed by atoms with E-state index in [1.807, 2.05) is 47.4 Å². The van der Waals surface area contributed by atoms with Crippen LogP contribution in [0.3, 0.4) is 0 Å². The van der Waals surface area contributed by atoms with Crippen LogP contribution in [0.1, 0.15) is 30.3 Å². The summed E-state index contributed by atoms with van der Waals surface area (Å²) >= 11 is 3.16. The molecule has 0 unspecified atom stereocenters. The third-order valence-electron chi connectivity index (χ3n) is 6.44. The molecule has 1 aliphatic heterocycles. The first kappa shape index (κ1) is 25.4. The molecule has 0 saturated heterocycles. The molecule has 0 saturated carbocycles. The predicted molar refractivity (Wildman–Crippen MR) is 150 cm³/mol. The first-order valence-electron chi connectivity index (χ1n) is 12.5. The summed E-state index contributed by atoms with van der Waals surface area (Å²) in [4.78, 5) is 17.6. The Morgan fingerprint density at radius 1 is 0.973 bits per heavy atom. The molecule has 0 fully saturated rings. The van der Waals surface area contributed by atoms with Crippen LogP contribution in [0, 0.1) is 6.92 Å². The number of ether oxygens (including phenoxy) is 1. The maximum atomic E-state index is 13.5. The smallest absolute Gasteiger partial charge is 0.242 e. The minimum atomic E-state index is 0.0345. The molecule has 8 heteroatoms. The summed E-state index contributed by atoms with van der Waals surface area (Å²) in [5.41, 5.74) is 4.31. The van der Waals surface area contributed by atoms with Gasteiger partial charge in [0.15, 0.2) is 5.16 Å². The second kappa shape index (κ2) is 11.4. The summed E-state index contributed by atoms with van der Waals surface area (Å²) in [6.07, 6.45) is 2.78. The summed E-state index contributed by atoms with van der Waals surface area (Å²) in [5, 5.41) is 9.70. The molecule has 4 aromatic rings. The maximum Gasteiger partial charge on any atom is 0.242 e. The van der Waals surface area contributed by atoms with Gasteiger partial charge in [-0.3, -0.25) is 9.69 Å². The number of anilines is 2. The van der Waals surface area contributed by atoms with Crippen LogP contribution in [-0.4, -0.2) is 33.5 Å². The van der Waals surface area contributed by atoms with Crippen molar-refractivity contribution < 1.29 is 9.53 Å². The SMILES string of the molecule is CCn1c(CCCc2ccc(OC)c(C)c2)nnc1SCC(=O)N1c2ccccc2Sc2ccccc21. The van der Waals surface area contributed by atoms with Gasteiger partial charge < -0.3 is 9.30 Å². The highest BCUT2D eigenvalue weighted by Gasteiger charge is 2.28. The van der Waals surface area contributed by atoms with E-state index in [2.05, 4.69) is 52.9 Å². The summed E-state index contributed by atoms with van der Waals surface area (Å²) in [6, 6.07) is 22.5. The molecule has 0 radical (unpaired) electrons. The fourth-order valence-electron chi connectivity index (χ4n) is 4.64. The van der Waals surface area contributed by atoms with E-state index in [4.69, 9.17) is 4.74 Å². The van der Waals surface area contributed by atoms with Gasteiger partial charge in [0.2, 0.25) is 5.91 Å². The number of benzene rings is 3. The van der Waals surface area contributed by atoms with Crippen LogP contribution >= 0.6 is 23.5 Å². The highest BCUT2D eigenvalue weighted by molar-refractivity contribution is 8.00. The molecule has 0 N–H and O–H groups in total. The monoisotopic (exact) mass is 530 g/mol. The first-order valence-corrected chi connectivity index (χ1v) is 14.3. The number of hydrogen-bond acceptors (Lipinski definition) is 6. The van der Waals surface area contributed by atoms with Gasteiger partial charge in [0.1, 0.15) is 11.6 Å². The quantitative estimate of drug-likeness (QED) is 0.224. The van der Waals surface area contributed by atoms with Crippen molar-refractivity contribution in [2.75, 3.05) is 17.8 Å². The second-order valence-electron chi connectivity index (χ2n) is 8.86. The number of fused-ring (bicyclic) bond motifs is 2. The zero-order chi connectivity index (χ0) is 25.8. The number of aryl methyl sites for hydroxylation is 3. The van der Waals surface area contributed by atoms with Crippen LogP contribution < -0.4 is 9.64 Å². The molecule has 0 spiro atoms. The van der Waals surface area contributed by atoms with Crippen LogP contribution in [0.5, 0.6) is 5.75 Å². The highest BCUT2D eigenvalue weighted by atomic mass is 32.2. The molecule has 1 aliphatic rings. The van der Waals surface area contributed by atoms with Crippen molar-refractivity contribution in [3.8, 4) is 5.75 Å². The van der Waals surface area contributed by atoms with E-state index >= 15 is 0 Å². The van der Waals surface area contributed by atoms with Gasteiger partial charge in [-0.15, -0.1) is 10.2 Å². The molecule has 1 aromatic heterocycles. The lowest BCUT2D eigenvalue weighted by Crippen LogP contribution is -2.30. The lowest BCUT2D eigenvalue weighted by molar-refractivity contribution is -0.115.